The molecule has 0 heterocycles. The third-order valence-electron chi connectivity index (χ3n) is 2.30. The Morgan fingerprint density at radius 2 is 2.15 bits per heavy atom. The molecule has 1 aromatic rings. The molecule has 1 nitrogen and oxygen atoms in total. The fourth-order valence-corrected chi connectivity index (χ4v) is 1.66. The first-order chi connectivity index (χ1) is 6.42. The maximum atomic E-state index is 5.41. The average Bonchev–Trinajstić information content (AvgIpc) is 2.58. The van der Waals surface area contributed by atoms with E-state index < -0.39 is 0 Å². The largest absolute Gasteiger partial charge is 0.327 e. The average molecular weight is 171 g/mol. The lowest BCUT2D eigenvalue weighted by Gasteiger charge is -1.99. The highest BCUT2D eigenvalue weighted by Crippen LogP contribution is 2.27. The zero-order valence-corrected chi connectivity index (χ0v) is 7.53. The second-order valence-electron chi connectivity index (χ2n) is 3.16. The minimum atomic E-state index is 0.611. The Morgan fingerprint density at radius 1 is 1.31 bits per heavy atom. The van der Waals surface area contributed by atoms with Crippen LogP contribution in [0.5, 0.6) is 0 Å². The predicted octanol–water partition coefficient (Wildman–Crippen LogP) is 2.14. The molecule has 0 aliphatic heterocycles. The quantitative estimate of drug-likeness (QED) is 0.724. The first-order valence-electron chi connectivity index (χ1n) is 4.57. The van der Waals surface area contributed by atoms with E-state index >= 15 is 0 Å². The Bertz CT molecular complexity index is 361. The molecule has 0 saturated heterocycles. The maximum Gasteiger partial charge on any atom is 0.0110 e. The van der Waals surface area contributed by atoms with Crippen molar-refractivity contribution in [2.45, 2.75) is 6.42 Å². The maximum absolute atomic E-state index is 5.41. The van der Waals surface area contributed by atoms with Crippen molar-refractivity contribution in [1.82, 2.24) is 0 Å². The molecule has 2 rings (SSSR count). The summed E-state index contributed by atoms with van der Waals surface area (Å²) in [6, 6.07) is 8.50. The van der Waals surface area contributed by atoms with Gasteiger partial charge in [0.1, 0.15) is 0 Å². The molecule has 0 atom stereocenters. The van der Waals surface area contributed by atoms with Crippen LogP contribution in [0.25, 0.3) is 5.57 Å². The summed E-state index contributed by atoms with van der Waals surface area (Å²) < 4.78 is 0. The third-order valence-corrected chi connectivity index (χ3v) is 2.30. The Labute approximate surface area is 78.6 Å². The van der Waals surface area contributed by atoms with E-state index in [1.807, 2.05) is 6.08 Å². The van der Waals surface area contributed by atoms with Gasteiger partial charge >= 0.3 is 0 Å². The molecule has 0 spiro atoms. The molecule has 1 aliphatic rings. The van der Waals surface area contributed by atoms with Gasteiger partial charge in [0.05, 0.1) is 0 Å². The van der Waals surface area contributed by atoms with Crippen LogP contribution in [-0.2, 0) is 6.42 Å². The lowest BCUT2D eigenvalue weighted by atomic mass is 10.1. The van der Waals surface area contributed by atoms with Gasteiger partial charge in [-0.1, -0.05) is 42.5 Å². The Kier molecular flexibility index (Phi) is 2.28. The van der Waals surface area contributed by atoms with E-state index in [1.165, 1.54) is 16.7 Å². The molecule has 0 bridgehead atoms. The Hall–Kier alpha value is -1.34. The van der Waals surface area contributed by atoms with Crippen LogP contribution >= 0.6 is 0 Å². The van der Waals surface area contributed by atoms with Crippen LogP contribution in [0, 0.1) is 0 Å². The number of nitrogens with two attached hydrogens (primary N) is 1. The molecule has 0 unspecified atom stereocenters. The van der Waals surface area contributed by atoms with Gasteiger partial charge in [-0.15, -0.1) is 0 Å². The normalized spacial score (nSPS) is 14.7. The van der Waals surface area contributed by atoms with Gasteiger partial charge in [-0.2, -0.15) is 0 Å². The molecular weight excluding hydrogens is 158 g/mol. The summed E-state index contributed by atoms with van der Waals surface area (Å²) in [4.78, 5) is 0. The monoisotopic (exact) mass is 171 g/mol. The van der Waals surface area contributed by atoms with Crippen molar-refractivity contribution in [3.05, 3.63) is 53.6 Å². The summed E-state index contributed by atoms with van der Waals surface area (Å²) >= 11 is 0. The summed E-state index contributed by atoms with van der Waals surface area (Å²) in [5.74, 6) is 0. The van der Waals surface area contributed by atoms with E-state index in [2.05, 4.69) is 36.4 Å². The van der Waals surface area contributed by atoms with Gasteiger partial charge < -0.3 is 5.73 Å². The molecule has 66 valence electrons. The smallest absolute Gasteiger partial charge is 0.0110 e. The van der Waals surface area contributed by atoms with E-state index in [0.29, 0.717) is 6.54 Å². The molecule has 1 aliphatic carbocycles. The number of hydrogen-bond donors (Lipinski definition) is 1. The molecular formula is C12H13N. The molecule has 0 radical (unpaired) electrons. The van der Waals surface area contributed by atoms with E-state index in [4.69, 9.17) is 5.73 Å². The predicted molar refractivity (Wildman–Crippen MR) is 56.3 cm³/mol. The van der Waals surface area contributed by atoms with E-state index in [0.717, 1.165) is 6.42 Å². The van der Waals surface area contributed by atoms with Crippen molar-refractivity contribution in [3.63, 3.8) is 0 Å². The SMILES string of the molecule is NCC=CC1=CCc2ccccc21. The molecule has 0 saturated carbocycles. The first kappa shape index (κ1) is 8.27. The van der Waals surface area contributed by atoms with Gasteiger partial charge in [0.2, 0.25) is 0 Å². The minimum absolute atomic E-state index is 0.611. The summed E-state index contributed by atoms with van der Waals surface area (Å²) in [6.45, 7) is 0.611. The number of allylic oxidation sites excluding steroid dienone is 3. The van der Waals surface area contributed by atoms with Crippen LogP contribution in [0.1, 0.15) is 11.1 Å². The standard InChI is InChI=1S/C12H13N/c13-9-3-5-11-8-7-10-4-1-2-6-12(10)11/h1-6,8H,7,9,13H2. The van der Waals surface area contributed by atoms with Crippen molar-refractivity contribution in [1.29, 1.82) is 0 Å². The highest BCUT2D eigenvalue weighted by molar-refractivity contribution is 5.79. The van der Waals surface area contributed by atoms with Crippen LogP contribution in [0.15, 0.2) is 42.5 Å². The lowest BCUT2D eigenvalue weighted by Crippen LogP contribution is -1.92. The highest BCUT2D eigenvalue weighted by atomic mass is 14.5. The van der Waals surface area contributed by atoms with Crippen LogP contribution in [-0.4, -0.2) is 6.54 Å². The van der Waals surface area contributed by atoms with Crippen LogP contribution in [0.4, 0.5) is 0 Å². The van der Waals surface area contributed by atoms with Crippen LogP contribution in [0.3, 0.4) is 0 Å². The van der Waals surface area contributed by atoms with Gasteiger partial charge in [0.15, 0.2) is 0 Å². The van der Waals surface area contributed by atoms with Crippen LogP contribution < -0.4 is 5.73 Å². The van der Waals surface area contributed by atoms with E-state index in [-0.39, 0.29) is 0 Å². The summed E-state index contributed by atoms with van der Waals surface area (Å²) in [5, 5.41) is 0. The van der Waals surface area contributed by atoms with Gasteiger partial charge in [-0.3, -0.25) is 0 Å². The zero-order valence-electron chi connectivity index (χ0n) is 7.53. The van der Waals surface area contributed by atoms with Gasteiger partial charge in [-0.25, -0.2) is 0 Å². The molecule has 13 heavy (non-hydrogen) atoms. The highest BCUT2D eigenvalue weighted by Gasteiger charge is 2.09. The molecule has 1 heteroatoms. The lowest BCUT2D eigenvalue weighted by molar-refractivity contribution is 1.26. The molecule has 0 aromatic heterocycles. The van der Waals surface area contributed by atoms with Crippen molar-refractivity contribution in [2.24, 2.45) is 5.73 Å². The fourth-order valence-electron chi connectivity index (χ4n) is 1.66. The van der Waals surface area contributed by atoms with Gasteiger partial charge in [0, 0.05) is 6.54 Å². The van der Waals surface area contributed by atoms with E-state index in [9.17, 15) is 0 Å². The zero-order chi connectivity index (χ0) is 9.10. The van der Waals surface area contributed by atoms with Crippen molar-refractivity contribution in [3.8, 4) is 0 Å². The number of benzene rings is 1. The molecule has 1 aromatic carbocycles. The summed E-state index contributed by atoms with van der Waals surface area (Å²) in [6.07, 6.45) is 7.40. The van der Waals surface area contributed by atoms with Crippen molar-refractivity contribution < 1.29 is 0 Å². The second-order valence-corrected chi connectivity index (χ2v) is 3.16. The number of rotatable bonds is 2. The number of fused-ring (bicyclic) bond motifs is 1. The second kappa shape index (κ2) is 3.58. The molecule has 2 N–H and O–H groups in total. The topological polar surface area (TPSA) is 26.0 Å². The van der Waals surface area contributed by atoms with Crippen molar-refractivity contribution in [2.75, 3.05) is 6.54 Å². The van der Waals surface area contributed by atoms with Gasteiger partial charge in [0.25, 0.3) is 0 Å². The van der Waals surface area contributed by atoms with Crippen LogP contribution in [0.2, 0.25) is 0 Å². The molecule has 0 amide bonds. The van der Waals surface area contributed by atoms with E-state index in [1.54, 1.807) is 0 Å². The Morgan fingerprint density at radius 3 is 3.00 bits per heavy atom. The molecule has 0 fully saturated rings. The Balaban J connectivity index is 2.31. The van der Waals surface area contributed by atoms with Gasteiger partial charge in [-0.05, 0) is 23.1 Å². The fraction of sp³-hybridized carbons (Fsp3) is 0.167. The first-order valence-corrected chi connectivity index (χ1v) is 4.57. The third kappa shape index (κ3) is 1.56. The summed E-state index contributed by atoms with van der Waals surface area (Å²) in [5.41, 5.74) is 9.49. The number of hydrogen-bond acceptors (Lipinski definition) is 1. The van der Waals surface area contributed by atoms with Crippen molar-refractivity contribution >= 4 is 5.57 Å². The summed E-state index contributed by atoms with van der Waals surface area (Å²) in [7, 11) is 0. The minimum Gasteiger partial charge on any atom is -0.327 e.